The van der Waals surface area contributed by atoms with Crippen molar-refractivity contribution in [3.05, 3.63) is 33.9 Å². The van der Waals surface area contributed by atoms with Crippen LogP contribution in [0.15, 0.2) is 0 Å². The summed E-state index contributed by atoms with van der Waals surface area (Å²) in [6.45, 7) is 17.9. The molecule has 2 N–H and O–H groups in total. The fourth-order valence-corrected chi connectivity index (χ4v) is 5.11. The van der Waals surface area contributed by atoms with E-state index in [4.69, 9.17) is 10.2 Å². The van der Waals surface area contributed by atoms with Crippen LogP contribution >= 0.6 is 0 Å². The van der Waals surface area contributed by atoms with Crippen LogP contribution in [0.1, 0.15) is 87.3 Å². The highest BCUT2D eigenvalue weighted by Gasteiger charge is 2.43. The average Bonchev–Trinajstić information content (AvgIpc) is 3.24. The molecule has 4 heterocycles. The maximum Gasteiger partial charge on any atom is 0.0733 e. The molecule has 2 aliphatic heterocycles. The minimum atomic E-state index is -0.0751. The Balaban J connectivity index is 1.74. The lowest BCUT2D eigenvalue weighted by atomic mass is 9.70. The monoisotopic (exact) mass is 384 g/mol. The second-order valence-electron chi connectivity index (χ2n) is 9.97. The number of hydrogen-bond donors (Lipinski definition) is 2. The van der Waals surface area contributed by atoms with Gasteiger partial charge in [-0.1, -0.05) is 27.7 Å². The van der Waals surface area contributed by atoms with E-state index in [9.17, 15) is 0 Å². The van der Waals surface area contributed by atoms with Gasteiger partial charge in [0, 0.05) is 72.5 Å². The molecule has 4 rings (SSSR count). The summed E-state index contributed by atoms with van der Waals surface area (Å²) in [5, 5.41) is 16.4. The first-order valence-electron chi connectivity index (χ1n) is 10.8. The van der Waals surface area contributed by atoms with Gasteiger partial charge < -0.3 is 4.90 Å². The van der Waals surface area contributed by atoms with Gasteiger partial charge >= 0.3 is 0 Å². The molecule has 1 atom stereocenters. The van der Waals surface area contributed by atoms with Gasteiger partial charge in [-0.25, -0.2) is 0 Å². The number of aromatic amines is 2. The van der Waals surface area contributed by atoms with Gasteiger partial charge in [-0.15, -0.1) is 0 Å². The molecule has 0 aliphatic carbocycles. The van der Waals surface area contributed by atoms with Crippen LogP contribution in [0.5, 0.6) is 0 Å². The van der Waals surface area contributed by atoms with Gasteiger partial charge in [-0.2, -0.15) is 10.2 Å². The highest BCUT2D eigenvalue weighted by molar-refractivity contribution is 5.40. The van der Waals surface area contributed by atoms with E-state index in [1.165, 1.54) is 33.9 Å². The summed E-state index contributed by atoms with van der Waals surface area (Å²) in [5.74, 6) is 0.788. The molecule has 0 bridgehead atoms. The third-order valence-electron chi connectivity index (χ3n) is 6.92. The molecule has 0 saturated carbocycles. The summed E-state index contributed by atoms with van der Waals surface area (Å²) in [5.41, 5.74) is 7.85. The highest BCUT2D eigenvalue weighted by atomic mass is 15.2. The lowest BCUT2D eigenvalue weighted by Crippen LogP contribution is -2.42. The molecular formula is C22H36N6. The fraction of sp³-hybridized carbons (Fsp3) is 0.727. The van der Waals surface area contributed by atoms with Crippen LogP contribution < -0.4 is 0 Å². The lowest BCUT2D eigenvalue weighted by Gasteiger charge is -2.40. The molecule has 6 nitrogen and oxygen atoms in total. The Bertz CT molecular complexity index is 843. The topological polar surface area (TPSA) is 63.8 Å². The average molecular weight is 385 g/mol. The van der Waals surface area contributed by atoms with Crippen LogP contribution in [0.4, 0.5) is 0 Å². The highest BCUT2D eigenvalue weighted by Crippen LogP contribution is 2.44. The number of aromatic nitrogens is 4. The van der Waals surface area contributed by atoms with Crippen molar-refractivity contribution in [2.75, 3.05) is 20.1 Å². The van der Waals surface area contributed by atoms with Gasteiger partial charge in [0.05, 0.1) is 11.4 Å². The number of hydrogen-bond acceptors (Lipinski definition) is 4. The zero-order valence-electron chi connectivity index (χ0n) is 18.6. The van der Waals surface area contributed by atoms with Crippen molar-refractivity contribution in [2.45, 2.75) is 84.3 Å². The first kappa shape index (κ1) is 19.6. The molecule has 2 aromatic heterocycles. The second kappa shape index (κ2) is 6.99. The SMILES string of the molecule is CC(C)c1n[nH]c2c1CN(C)CC2C(C)(C)c1n[nH]c2c1CN(C(C)C)CC2. The molecule has 0 saturated heterocycles. The summed E-state index contributed by atoms with van der Waals surface area (Å²) in [7, 11) is 2.23. The van der Waals surface area contributed by atoms with E-state index in [0.29, 0.717) is 17.9 Å². The van der Waals surface area contributed by atoms with E-state index in [-0.39, 0.29) is 5.41 Å². The summed E-state index contributed by atoms with van der Waals surface area (Å²) in [6.07, 6.45) is 1.06. The van der Waals surface area contributed by atoms with Crippen LogP contribution in [-0.4, -0.2) is 56.4 Å². The van der Waals surface area contributed by atoms with E-state index < -0.39 is 0 Å². The van der Waals surface area contributed by atoms with E-state index in [2.05, 4.69) is 68.6 Å². The Labute approximate surface area is 169 Å². The molecule has 28 heavy (non-hydrogen) atoms. The van der Waals surface area contributed by atoms with Crippen molar-refractivity contribution >= 4 is 0 Å². The van der Waals surface area contributed by atoms with Crippen molar-refractivity contribution in [3.8, 4) is 0 Å². The molecule has 154 valence electrons. The largest absolute Gasteiger partial charge is 0.301 e. The number of H-pyrrole nitrogens is 2. The minimum absolute atomic E-state index is 0.0751. The molecule has 0 aromatic carbocycles. The number of likely N-dealkylation sites (N-methyl/N-ethyl adjacent to an activating group) is 1. The molecule has 0 radical (unpaired) electrons. The van der Waals surface area contributed by atoms with E-state index in [1.54, 1.807) is 0 Å². The fourth-order valence-electron chi connectivity index (χ4n) is 5.11. The van der Waals surface area contributed by atoms with E-state index >= 15 is 0 Å². The molecular weight excluding hydrogens is 348 g/mol. The van der Waals surface area contributed by atoms with Crippen LogP contribution in [0.3, 0.4) is 0 Å². The van der Waals surface area contributed by atoms with E-state index in [1.807, 2.05) is 0 Å². The maximum atomic E-state index is 4.87. The number of fused-ring (bicyclic) bond motifs is 2. The number of nitrogens with one attached hydrogen (secondary N) is 2. The normalized spacial score (nSPS) is 21.4. The Morgan fingerprint density at radius 2 is 1.79 bits per heavy atom. The minimum Gasteiger partial charge on any atom is -0.301 e. The first-order valence-corrected chi connectivity index (χ1v) is 10.8. The Morgan fingerprint density at radius 1 is 1.04 bits per heavy atom. The number of nitrogens with zero attached hydrogens (tertiary/aromatic N) is 4. The van der Waals surface area contributed by atoms with Crippen molar-refractivity contribution in [1.29, 1.82) is 0 Å². The molecule has 2 aromatic rings. The van der Waals surface area contributed by atoms with Crippen LogP contribution in [0.2, 0.25) is 0 Å². The summed E-state index contributed by atoms with van der Waals surface area (Å²) in [6, 6.07) is 0.563. The third kappa shape index (κ3) is 3.11. The zero-order valence-corrected chi connectivity index (χ0v) is 18.6. The quantitative estimate of drug-likeness (QED) is 0.846. The molecule has 0 amide bonds. The first-order chi connectivity index (χ1) is 13.2. The van der Waals surface area contributed by atoms with Crippen molar-refractivity contribution < 1.29 is 0 Å². The van der Waals surface area contributed by atoms with Gasteiger partial charge in [-0.3, -0.25) is 15.1 Å². The van der Waals surface area contributed by atoms with Crippen molar-refractivity contribution in [2.24, 2.45) is 0 Å². The molecule has 0 fully saturated rings. The van der Waals surface area contributed by atoms with E-state index in [0.717, 1.165) is 32.6 Å². The molecule has 6 heteroatoms. The van der Waals surface area contributed by atoms with Gasteiger partial charge in [0.2, 0.25) is 0 Å². The second-order valence-corrected chi connectivity index (χ2v) is 9.97. The van der Waals surface area contributed by atoms with Crippen molar-refractivity contribution in [1.82, 2.24) is 30.2 Å². The van der Waals surface area contributed by atoms with Crippen LogP contribution in [-0.2, 0) is 24.9 Å². The Hall–Kier alpha value is -1.66. The van der Waals surface area contributed by atoms with Gasteiger partial charge in [-0.05, 0) is 26.8 Å². The smallest absolute Gasteiger partial charge is 0.0733 e. The predicted octanol–water partition coefficient (Wildman–Crippen LogP) is 3.53. The summed E-state index contributed by atoms with van der Waals surface area (Å²) >= 11 is 0. The number of rotatable bonds is 4. The van der Waals surface area contributed by atoms with Gasteiger partial charge in [0.1, 0.15) is 0 Å². The lowest BCUT2D eigenvalue weighted by molar-refractivity contribution is 0.197. The molecule has 0 spiro atoms. The van der Waals surface area contributed by atoms with Gasteiger partial charge in [0.25, 0.3) is 0 Å². The van der Waals surface area contributed by atoms with Crippen molar-refractivity contribution in [3.63, 3.8) is 0 Å². The maximum absolute atomic E-state index is 4.87. The Morgan fingerprint density at radius 3 is 2.46 bits per heavy atom. The molecule has 1 unspecified atom stereocenters. The standard InChI is InChI=1S/C22H36N6/c1-13(2)19-16-10-27(7)12-17(20(16)25-24-19)22(5,6)21-15-11-28(14(3)4)9-8-18(15)23-26-21/h13-14,17H,8-12H2,1-7H3,(H,23,26)(H,24,25). The van der Waals surface area contributed by atoms with Crippen LogP contribution in [0.25, 0.3) is 0 Å². The van der Waals surface area contributed by atoms with Gasteiger partial charge in [0.15, 0.2) is 0 Å². The predicted molar refractivity (Wildman–Crippen MR) is 113 cm³/mol. The summed E-state index contributed by atoms with van der Waals surface area (Å²) < 4.78 is 0. The zero-order chi connectivity index (χ0) is 20.2. The Kier molecular flexibility index (Phi) is 4.91. The summed E-state index contributed by atoms with van der Waals surface area (Å²) in [4.78, 5) is 5.00. The van der Waals surface area contributed by atoms with Crippen LogP contribution in [0, 0.1) is 0 Å². The molecule has 2 aliphatic rings. The third-order valence-corrected chi connectivity index (χ3v) is 6.92.